The normalized spacial score (nSPS) is 20.4. The molecule has 0 spiro atoms. The molecule has 0 bridgehead atoms. The van der Waals surface area contributed by atoms with Crippen molar-refractivity contribution in [1.82, 2.24) is 4.90 Å². The number of halogens is 2. The van der Waals surface area contributed by atoms with Crippen molar-refractivity contribution in [2.75, 3.05) is 19.7 Å². The Balaban J connectivity index is 2.15. The zero-order valence-corrected chi connectivity index (χ0v) is 11.6. The molecule has 0 aromatic heterocycles. The van der Waals surface area contributed by atoms with Crippen LogP contribution in [-0.2, 0) is 4.74 Å². The van der Waals surface area contributed by atoms with Crippen LogP contribution in [0.4, 0.5) is 4.39 Å². The molecule has 17 heavy (non-hydrogen) atoms. The van der Waals surface area contributed by atoms with Crippen LogP contribution in [0.2, 0.25) is 0 Å². The summed E-state index contributed by atoms with van der Waals surface area (Å²) < 4.78 is 19.0. The molecule has 2 rings (SSSR count). The fraction of sp³-hybridized carbons (Fsp3) is 0.417. The highest BCUT2D eigenvalue weighted by atomic mass is 127. The van der Waals surface area contributed by atoms with Crippen LogP contribution in [0.3, 0.4) is 0 Å². The Kier molecular flexibility index (Phi) is 3.98. The lowest BCUT2D eigenvalue weighted by molar-refractivity contribution is -0.0124. The molecule has 1 aromatic rings. The summed E-state index contributed by atoms with van der Waals surface area (Å²) in [5.74, 6) is -0.351. The van der Waals surface area contributed by atoms with Gasteiger partial charge in [-0.1, -0.05) is 0 Å². The first-order valence-corrected chi connectivity index (χ1v) is 6.51. The topological polar surface area (TPSA) is 29.5 Å². The largest absolute Gasteiger partial charge is 0.375 e. The van der Waals surface area contributed by atoms with Crippen LogP contribution in [0.1, 0.15) is 17.3 Å². The molecule has 3 nitrogen and oxygen atoms in total. The third kappa shape index (κ3) is 2.95. The fourth-order valence-electron chi connectivity index (χ4n) is 1.81. The Morgan fingerprint density at radius 2 is 2.35 bits per heavy atom. The summed E-state index contributed by atoms with van der Waals surface area (Å²) in [5, 5.41) is 0. The second-order valence-electron chi connectivity index (χ2n) is 4.06. The number of ether oxygens (including phenoxy) is 1. The SMILES string of the molecule is C[C@H]1CN(C(=O)c2ccc(F)c(I)c2)CCO1. The number of nitrogens with zero attached hydrogens (tertiary/aromatic N) is 1. The molecule has 1 atom stereocenters. The molecule has 1 amide bonds. The summed E-state index contributed by atoms with van der Waals surface area (Å²) in [4.78, 5) is 13.9. The van der Waals surface area contributed by atoms with Gasteiger partial charge in [-0.15, -0.1) is 0 Å². The van der Waals surface area contributed by atoms with Crippen molar-refractivity contribution in [1.29, 1.82) is 0 Å². The summed E-state index contributed by atoms with van der Waals surface area (Å²) in [5.41, 5.74) is 0.532. The van der Waals surface area contributed by atoms with E-state index in [1.807, 2.05) is 29.5 Å². The van der Waals surface area contributed by atoms with E-state index in [0.717, 1.165) is 0 Å². The molecule has 0 radical (unpaired) electrons. The lowest BCUT2D eigenvalue weighted by Crippen LogP contribution is -2.44. The molecule has 1 saturated heterocycles. The number of benzene rings is 1. The molecular weight excluding hydrogens is 336 g/mol. The highest BCUT2D eigenvalue weighted by Gasteiger charge is 2.22. The van der Waals surface area contributed by atoms with Gasteiger partial charge in [0.25, 0.3) is 5.91 Å². The first kappa shape index (κ1) is 12.8. The summed E-state index contributed by atoms with van der Waals surface area (Å²) in [6, 6.07) is 4.44. The van der Waals surface area contributed by atoms with E-state index in [9.17, 15) is 9.18 Å². The van der Waals surface area contributed by atoms with E-state index >= 15 is 0 Å². The van der Waals surface area contributed by atoms with Crippen molar-refractivity contribution in [3.63, 3.8) is 0 Å². The van der Waals surface area contributed by atoms with Gasteiger partial charge in [0.1, 0.15) is 5.82 Å². The van der Waals surface area contributed by atoms with E-state index in [0.29, 0.717) is 28.8 Å². The maximum Gasteiger partial charge on any atom is 0.254 e. The Morgan fingerprint density at radius 1 is 1.59 bits per heavy atom. The predicted molar refractivity (Wildman–Crippen MR) is 70.4 cm³/mol. The number of carbonyl (C=O) groups is 1. The summed E-state index contributed by atoms with van der Waals surface area (Å²) >= 11 is 1.89. The van der Waals surface area contributed by atoms with E-state index in [-0.39, 0.29) is 17.8 Å². The van der Waals surface area contributed by atoms with Gasteiger partial charge in [-0.3, -0.25) is 4.79 Å². The Bertz CT molecular complexity index is 439. The molecule has 0 saturated carbocycles. The molecule has 92 valence electrons. The molecule has 0 N–H and O–H groups in total. The van der Waals surface area contributed by atoms with Gasteiger partial charge in [0.05, 0.1) is 12.7 Å². The number of hydrogen-bond acceptors (Lipinski definition) is 2. The van der Waals surface area contributed by atoms with Gasteiger partial charge in [-0.2, -0.15) is 0 Å². The molecule has 0 unspecified atom stereocenters. The number of hydrogen-bond donors (Lipinski definition) is 0. The van der Waals surface area contributed by atoms with Gasteiger partial charge in [-0.05, 0) is 47.7 Å². The Morgan fingerprint density at radius 3 is 3.00 bits per heavy atom. The summed E-state index contributed by atoms with van der Waals surface area (Å²) in [6.07, 6.45) is 0.0622. The van der Waals surface area contributed by atoms with Crippen LogP contribution >= 0.6 is 22.6 Å². The minimum atomic E-state index is -0.294. The highest BCUT2D eigenvalue weighted by molar-refractivity contribution is 14.1. The fourth-order valence-corrected chi connectivity index (χ4v) is 2.33. The Labute approximate surface area is 113 Å². The Hall–Kier alpha value is -0.690. The van der Waals surface area contributed by atoms with E-state index in [1.54, 1.807) is 11.0 Å². The van der Waals surface area contributed by atoms with E-state index in [2.05, 4.69) is 0 Å². The van der Waals surface area contributed by atoms with Gasteiger partial charge in [0.15, 0.2) is 0 Å². The maximum absolute atomic E-state index is 13.1. The highest BCUT2D eigenvalue weighted by Crippen LogP contribution is 2.16. The molecule has 5 heteroatoms. The predicted octanol–water partition coefficient (Wildman–Crippen LogP) is 2.29. The smallest absolute Gasteiger partial charge is 0.254 e. The van der Waals surface area contributed by atoms with Crippen LogP contribution in [0, 0.1) is 9.39 Å². The monoisotopic (exact) mass is 349 g/mol. The number of rotatable bonds is 1. The van der Waals surface area contributed by atoms with Gasteiger partial charge in [0, 0.05) is 22.2 Å². The second-order valence-corrected chi connectivity index (χ2v) is 5.22. The lowest BCUT2D eigenvalue weighted by atomic mass is 10.1. The first-order valence-electron chi connectivity index (χ1n) is 5.44. The zero-order chi connectivity index (χ0) is 12.4. The van der Waals surface area contributed by atoms with Crippen molar-refractivity contribution in [2.45, 2.75) is 13.0 Å². The van der Waals surface area contributed by atoms with Crippen molar-refractivity contribution in [3.05, 3.63) is 33.1 Å². The van der Waals surface area contributed by atoms with Gasteiger partial charge < -0.3 is 9.64 Å². The minimum absolute atomic E-state index is 0.0573. The molecule has 1 heterocycles. The number of carbonyl (C=O) groups excluding carboxylic acids is 1. The van der Waals surface area contributed by atoms with Crippen LogP contribution in [0.25, 0.3) is 0 Å². The van der Waals surface area contributed by atoms with Crippen LogP contribution < -0.4 is 0 Å². The third-order valence-corrected chi connectivity index (χ3v) is 3.52. The quantitative estimate of drug-likeness (QED) is 0.729. The van der Waals surface area contributed by atoms with Gasteiger partial charge in [0.2, 0.25) is 0 Å². The average Bonchev–Trinajstić information content (AvgIpc) is 2.32. The standard InChI is InChI=1S/C12H13FINO2/c1-8-7-15(4-5-17-8)12(16)9-2-3-10(13)11(14)6-9/h2-3,6,8H,4-5,7H2,1H3/t8-/m0/s1. The molecular formula is C12H13FINO2. The summed E-state index contributed by atoms with van der Waals surface area (Å²) in [7, 11) is 0. The van der Waals surface area contributed by atoms with Crippen molar-refractivity contribution >= 4 is 28.5 Å². The van der Waals surface area contributed by atoms with E-state index in [4.69, 9.17) is 4.74 Å². The first-order chi connectivity index (χ1) is 8.08. The second kappa shape index (κ2) is 5.30. The lowest BCUT2D eigenvalue weighted by Gasteiger charge is -2.31. The van der Waals surface area contributed by atoms with Crippen LogP contribution in [0.15, 0.2) is 18.2 Å². The average molecular weight is 349 g/mol. The van der Waals surface area contributed by atoms with Gasteiger partial charge in [-0.25, -0.2) is 4.39 Å². The zero-order valence-electron chi connectivity index (χ0n) is 9.45. The van der Waals surface area contributed by atoms with E-state index in [1.165, 1.54) is 12.1 Å². The van der Waals surface area contributed by atoms with Crippen LogP contribution in [0.5, 0.6) is 0 Å². The number of amides is 1. The molecule has 1 aromatic carbocycles. The van der Waals surface area contributed by atoms with Crippen LogP contribution in [-0.4, -0.2) is 36.6 Å². The maximum atomic E-state index is 13.1. The number of morpholine rings is 1. The van der Waals surface area contributed by atoms with E-state index < -0.39 is 0 Å². The van der Waals surface area contributed by atoms with Crippen molar-refractivity contribution < 1.29 is 13.9 Å². The molecule has 1 fully saturated rings. The van der Waals surface area contributed by atoms with Crippen molar-refractivity contribution in [2.24, 2.45) is 0 Å². The molecule has 1 aliphatic heterocycles. The third-order valence-electron chi connectivity index (χ3n) is 2.69. The molecule has 0 aliphatic carbocycles. The molecule has 1 aliphatic rings. The van der Waals surface area contributed by atoms with Gasteiger partial charge >= 0.3 is 0 Å². The summed E-state index contributed by atoms with van der Waals surface area (Å²) in [6.45, 7) is 3.68. The van der Waals surface area contributed by atoms with Crippen molar-refractivity contribution in [3.8, 4) is 0 Å². The minimum Gasteiger partial charge on any atom is -0.375 e.